The third-order valence-electron chi connectivity index (χ3n) is 3.14. The number of carbonyl (C=O) groups is 1. The zero-order valence-corrected chi connectivity index (χ0v) is 16.8. The number of halogens is 1. The van der Waals surface area contributed by atoms with E-state index < -0.39 is 0 Å². The topological polar surface area (TPSA) is 57.2 Å². The summed E-state index contributed by atoms with van der Waals surface area (Å²) in [6, 6.07) is 7.90. The van der Waals surface area contributed by atoms with Gasteiger partial charge >= 0.3 is 0 Å². The number of ether oxygens (including phenoxy) is 1. The first-order valence-electron chi connectivity index (χ1n) is 7.30. The number of amides is 1. The van der Waals surface area contributed by atoms with Crippen LogP contribution in [0.15, 0.2) is 29.3 Å². The molecule has 130 valence electrons. The Morgan fingerprint density at radius 1 is 1.22 bits per heavy atom. The molecule has 7 heteroatoms. The molecule has 1 amide bonds. The molecule has 1 rings (SSSR count). The highest BCUT2D eigenvalue weighted by atomic mass is 127. The van der Waals surface area contributed by atoms with Crippen molar-refractivity contribution >= 4 is 35.8 Å². The first kappa shape index (κ1) is 21.5. The molecule has 0 aromatic heterocycles. The summed E-state index contributed by atoms with van der Waals surface area (Å²) in [4.78, 5) is 19.6. The summed E-state index contributed by atoms with van der Waals surface area (Å²) >= 11 is 0. The molecule has 0 aliphatic rings. The average Bonchev–Trinajstić information content (AvgIpc) is 2.51. The number of hydrogen-bond acceptors (Lipinski definition) is 3. The molecule has 0 aliphatic carbocycles. The number of hydrogen-bond donors (Lipinski definition) is 1. The van der Waals surface area contributed by atoms with Crippen molar-refractivity contribution in [1.29, 1.82) is 0 Å². The minimum absolute atomic E-state index is 0. The van der Waals surface area contributed by atoms with Crippen LogP contribution in [0, 0.1) is 0 Å². The second-order valence-electron chi connectivity index (χ2n) is 5.16. The summed E-state index contributed by atoms with van der Waals surface area (Å²) < 4.78 is 5.16. The average molecular weight is 434 g/mol. The summed E-state index contributed by atoms with van der Waals surface area (Å²) in [6.07, 6.45) is 0. The van der Waals surface area contributed by atoms with Gasteiger partial charge in [-0.05, 0) is 24.6 Å². The van der Waals surface area contributed by atoms with E-state index in [1.165, 1.54) is 4.90 Å². The van der Waals surface area contributed by atoms with Crippen LogP contribution in [-0.2, 0) is 11.3 Å². The molecule has 0 atom stereocenters. The number of benzene rings is 1. The first-order chi connectivity index (χ1) is 10.5. The lowest BCUT2D eigenvalue weighted by molar-refractivity contribution is -0.127. The molecule has 0 fully saturated rings. The number of nitrogens with zero attached hydrogens (tertiary/aromatic N) is 3. The van der Waals surface area contributed by atoms with Gasteiger partial charge in [0.15, 0.2) is 5.96 Å². The smallest absolute Gasteiger partial charge is 0.243 e. The molecule has 0 saturated heterocycles. The fourth-order valence-corrected chi connectivity index (χ4v) is 1.83. The lowest BCUT2D eigenvalue weighted by atomic mass is 10.2. The van der Waals surface area contributed by atoms with E-state index in [0.717, 1.165) is 17.9 Å². The molecule has 0 unspecified atom stereocenters. The lowest BCUT2D eigenvalue weighted by Crippen LogP contribution is -2.39. The minimum atomic E-state index is -0.0201. The highest BCUT2D eigenvalue weighted by Gasteiger charge is 2.09. The molecule has 0 saturated carbocycles. The fraction of sp³-hybridized carbons (Fsp3) is 0.500. The van der Waals surface area contributed by atoms with Crippen LogP contribution in [0.2, 0.25) is 0 Å². The van der Waals surface area contributed by atoms with Gasteiger partial charge in [-0.1, -0.05) is 12.1 Å². The summed E-state index contributed by atoms with van der Waals surface area (Å²) in [5, 5.41) is 3.20. The van der Waals surface area contributed by atoms with E-state index in [9.17, 15) is 4.79 Å². The van der Waals surface area contributed by atoms with Gasteiger partial charge in [-0.25, -0.2) is 4.99 Å². The van der Waals surface area contributed by atoms with Crippen molar-refractivity contribution in [2.45, 2.75) is 13.5 Å². The van der Waals surface area contributed by atoms with Gasteiger partial charge in [0.2, 0.25) is 5.91 Å². The van der Waals surface area contributed by atoms with Gasteiger partial charge < -0.3 is 19.9 Å². The predicted octanol–water partition coefficient (Wildman–Crippen LogP) is 1.80. The van der Waals surface area contributed by atoms with Gasteiger partial charge in [0, 0.05) is 34.2 Å². The highest BCUT2D eigenvalue weighted by molar-refractivity contribution is 14.0. The molecule has 23 heavy (non-hydrogen) atoms. The van der Waals surface area contributed by atoms with Gasteiger partial charge in [-0.15, -0.1) is 24.0 Å². The maximum absolute atomic E-state index is 11.7. The van der Waals surface area contributed by atoms with Gasteiger partial charge in [0.1, 0.15) is 12.3 Å². The number of nitrogens with one attached hydrogen (secondary N) is 1. The Labute approximate surface area is 155 Å². The van der Waals surface area contributed by atoms with Crippen molar-refractivity contribution in [3.8, 4) is 5.75 Å². The number of aliphatic imine (C=N–C) groups is 1. The van der Waals surface area contributed by atoms with Gasteiger partial charge in [-0.2, -0.15) is 0 Å². The largest absolute Gasteiger partial charge is 0.497 e. The second-order valence-corrected chi connectivity index (χ2v) is 5.16. The van der Waals surface area contributed by atoms with Crippen LogP contribution in [0.1, 0.15) is 12.5 Å². The normalized spacial score (nSPS) is 10.6. The monoisotopic (exact) mass is 434 g/mol. The van der Waals surface area contributed by atoms with Crippen LogP contribution in [0.4, 0.5) is 0 Å². The van der Waals surface area contributed by atoms with Crippen molar-refractivity contribution < 1.29 is 9.53 Å². The molecule has 0 bridgehead atoms. The van der Waals surface area contributed by atoms with Crippen LogP contribution in [0.25, 0.3) is 0 Å². The second kappa shape index (κ2) is 11.1. The Kier molecular flexibility index (Phi) is 10.4. The molecular formula is C16H27IN4O2. The Bertz CT molecular complexity index is 503. The molecule has 0 spiro atoms. The van der Waals surface area contributed by atoms with E-state index in [1.54, 1.807) is 21.2 Å². The van der Waals surface area contributed by atoms with E-state index in [0.29, 0.717) is 12.5 Å². The fourth-order valence-electron chi connectivity index (χ4n) is 1.83. The number of guanidine groups is 1. The molecule has 1 aromatic rings. The van der Waals surface area contributed by atoms with E-state index in [2.05, 4.69) is 10.3 Å². The zero-order chi connectivity index (χ0) is 16.5. The Morgan fingerprint density at radius 3 is 2.30 bits per heavy atom. The molecule has 0 radical (unpaired) electrons. The first-order valence-corrected chi connectivity index (χ1v) is 7.30. The number of carbonyl (C=O) groups excluding carboxylic acids is 1. The zero-order valence-electron chi connectivity index (χ0n) is 14.5. The molecule has 1 N–H and O–H groups in total. The van der Waals surface area contributed by atoms with Crippen LogP contribution < -0.4 is 10.1 Å². The Balaban J connectivity index is 0.00000484. The number of methoxy groups -OCH3 is 1. The SMILES string of the molecule is CCNC(=NCC(=O)N(C)C)N(C)Cc1ccc(OC)cc1.I. The Hall–Kier alpha value is -1.51. The van der Waals surface area contributed by atoms with Crippen LogP contribution in [0.3, 0.4) is 0 Å². The van der Waals surface area contributed by atoms with Crippen molar-refractivity contribution in [3.63, 3.8) is 0 Å². The standard InChI is InChI=1S/C16H26N4O2.HI/c1-6-17-16(18-11-15(21)19(2)3)20(4)12-13-7-9-14(22-5)10-8-13;/h7-10H,6,11-12H2,1-5H3,(H,17,18);1H. The maximum Gasteiger partial charge on any atom is 0.243 e. The van der Waals surface area contributed by atoms with Crippen LogP contribution >= 0.6 is 24.0 Å². The van der Waals surface area contributed by atoms with E-state index in [4.69, 9.17) is 4.74 Å². The van der Waals surface area contributed by atoms with Gasteiger partial charge in [-0.3, -0.25) is 4.79 Å². The van der Waals surface area contributed by atoms with E-state index in [1.807, 2.05) is 43.1 Å². The summed E-state index contributed by atoms with van der Waals surface area (Å²) in [7, 11) is 7.06. The molecule has 0 aliphatic heterocycles. The number of rotatable bonds is 6. The minimum Gasteiger partial charge on any atom is -0.497 e. The van der Waals surface area contributed by atoms with Crippen LogP contribution in [0.5, 0.6) is 5.75 Å². The summed E-state index contributed by atoms with van der Waals surface area (Å²) in [5.74, 6) is 1.53. The quantitative estimate of drug-likeness (QED) is 0.422. The predicted molar refractivity (Wildman–Crippen MR) is 105 cm³/mol. The molecule has 6 nitrogen and oxygen atoms in total. The molecule has 1 aromatic carbocycles. The van der Waals surface area contributed by atoms with Crippen molar-refractivity contribution in [2.24, 2.45) is 4.99 Å². The molecule has 0 heterocycles. The van der Waals surface area contributed by atoms with Crippen LogP contribution in [-0.4, -0.2) is 63.0 Å². The van der Waals surface area contributed by atoms with E-state index in [-0.39, 0.29) is 36.4 Å². The maximum atomic E-state index is 11.7. The van der Waals surface area contributed by atoms with Crippen molar-refractivity contribution in [3.05, 3.63) is 29.8 Å². The highest BCUT2D eigenvalue weighted by Crippen LogP contribution is 2.12. The Morgan fingerprint density at radius 2 is 1.83 bits per heavy atom. The van der Waals surface area contributed by atoms with E-state index >= 15 is 0 Å². The summed E-state index contributed by atoms with van der Waals surface area (Å²) in [6.45, 7) is 3.60. The van der Waals surface area contributed by atoms with Crippen molar-refractivity contribution in [2.75, 3.05) is 41.3 Å². The number of likely N-dealkylation sites (N-methyl/N-ethyl adjacent to an activating group) is 1. The third kappa shape index (κ3) is 7.54. The lowest BCUT2D eigenvalue weighted by Gasteiger charge is -2.22. The van der Waals surface area contributed by atoms with Gasteiger partial charge in [0.05, 0.1) is 7.11 Å². The molecular weight excluding hydrogens is 407 g/mol. The van der Waals surface area contributed by atoms with Gasteiger partial charge in [0.25, 0.3) is 0 Å². The van der Waals surface area contributed by atoms with Crippen molar-refractivity contribution in [1.82, 2.24) is 15.1 Å². The third-order valence-corrected chi connectivity index (χ3v) is 3.14. The summed E-state index contributed by atoms with van der Waals surface area (Å²) in [5.41, 5.74) is 1.15.